The van der Waals surface area contributed by atoms with Crippen LogP contribution < -0.4 is 15.2 Å². The lowest BCUT2D eigenvalue weighted by Crippen LogP contribution is -2.09. The van der Waals surface area contributed by atoms with Gasteiger partial charge in [0.05, 0.1) is 25.7 Å². The minimum Gasteiger partial charge on any atom is -0.497 e. The molecule has 0 fully saturated rings. The summed E-state index contributed by atoms with van der Waals surface area (Å²) in [5.41, 5.74) is 9.99. The fraction of sp³-hybridized carbons (Fsp3) is 0.222. The predicted octanol–water partition coefficient (Wildman–Crippen LogP) is 5.39. The lowest BCUT2D eigenvalue weighted by atomic mass is 10.0. The Morgan fingerprint density at radius 1 is 1.06 bits per heavy atom. The molecule has 2 N–H and O–H groups in total. The van der Waals surface area contributed by atoms with Gasteiger partial charge in [-0.2, -0.15) is 4.39 Å². The number of nitrogens with two attached hydrogens (primary N) is 1. The Balaban J connectivity index is 1.65. The van der Waals surface area contributed by atoms with Crippen molar-refractivity contribution in [2.75, 3.05) is 13.7 Å². The normalized spacial score (nSPS) is 10.9. The molecule has 0 aliphatic rings. The molecule has 0 radical (unpaired) electrons. The summed E-state index contributed by atoms with van der Waals surface area (Å²) >= 11 is 0. The van der Waals surface area contributed by atoms with Crippen LogP contribution in [0.3, 0.4) is 0 Å². The number of hydrogen-bond donors (Lipinski definition) is 1. The molecule has 0 amide bonds. The number of halogens is 1. The topological polar surface area (TPSA) is 83.9 Å². The van der Waals surface area contributed by atoms with Crippen LogP contribution in [-0.2, 0) is 29.1 Å². The van der Waals surface area contributed by atoms with Crippen molar-refractivity contribution in [2.24, 2.45) is 5.73 Å². The van der Waals surface area contributed by atoms with Crippen LogP contribution >= 0.6 is 0 Å². The van der Waals surface area contributed by atoms with E-state index in [0.717, 1.165) is 16.7 Å². The maximum Gasteiger partial charge on any atom is 0.310 e. The van der Waals surface area contributed by atoms with Gasteiger partial charge in [0.1, 0.15) is 23.7 Å². The molecule has 3 aromatic carbocycles. The summed E-state index contributed by atoms with van der Waals surface area (Å²) < 4.78 is 36.4. The molecule has 1 aromatic heterocycles. The van der Waals surface area contributed by atoms with Crippen molar-refractivity contribution in [1.29, 1.82) is 0 Å². The molecule has 4 aromatic rings. The maximum absolute atomic E-state index is 14.8. The van der Waals surface area contributed by atoms with Gasteiger partial charge in [0.2, 0.25) is 0 Å². The van der Waals surface area contributed by atoms with Crippen molar-refractivity contribution in [3.8, 4) is 22.6 Å². The van der Waals surface area contributed by atoms with E-state index in [4.69, 9.17) is 24.4 Å². The number of hydrogen-bond acceptors (Lipinski definition) is 6. The van der Waals surface area contributed by atoms with E-state index in [2.05, 4.69) is 0 Å². The Bertz CT molecular complexity index is 1310. The Morgan fingerprint density at radius 3 is 2.65 bits per heavy atom. The maximum atomic E-state index is 14.8. The van der Waals surface area contributed by atoms with Crippen LogP contribution in [0.4, 0.5) is 4.39 Å². The molecule has 176 valence electrons. The van der Waals surface area contributed by atoms with E-state index >= 15 is 0 Å². The summed E-state index contributed by atoms with van der Waals surface area (Å²) in [6, 6.07) is 17.8. The number of ether oxygens (including phenoxy) is 3. The van der Waals surface area contributed by atoms with Gasteiger partial charge in [0.15, 0.2) is 0 Å². The molecule has 0 spiro atoms. The summed E-state index contributed by atoms with van der Waals surface area (Å²) in [5, 5.41) is 0.614. The minimum absolute atomic E-state index is 0.0312. The highest BCUT2D eigenvalue weighted by atomic mass is 19.1. The first-order valence-electron chi connectivity index (χ1n) is 11.0. The van der Waals surface area contributed by atoms with Crippen molar-refractivity contribution >= 4 is 16.9 Å². The van der Waals surface area contributed by atoms with Crippen LogP contribution in [0.1, 0.15) is 23.6 Å². The van der Waals surface area contributed by atoms with Crippen LogP contribution in [-0.4, -0.2) is 19.7 Å². The lowest BCUT2D eigenvalue weighted by Gasteiger charge is -2.13. The molecule has 0 aliphatic carbocycles. The Kier molecular flexibility index (Phi) is 7.13. The summed E-state index contributed by atoms with van der Waals surface area (Å²) in [6.45, 7) is 2.38. The predicted molar refractivity (Wildman–Crippen MR) is 127 cm³/mol. The minimum atomic E-state index is -0.710. The number of fused-ring (bicyclic) bond motifs is 1. The van der Waals surface area contributed by atoms with Crippen molar-refractivity contribution in [3.05, 3.63) is 83.4 Å². The number of furan rings is 1. The van der Waals surface area contributed by atoms with E-state index in [1.807, 2.05) is 36.4 Å². The number of carbonyl (C=O) groups excluding carboxylic acids is 1. The number of rotatable bonds is 9. The van der Waals surface area contributed by atoms with Crippen LogP contribution in [0.25, 0.3) is 22.1 Å². The second-order valence-electron chi connectivity index (χ2n) is 7.71. The van der Waals surface area contributed by atoms with Gasteiger partial charge in [0, 0.05) is 23.6 Å². The molecule has 0 aliphatic heterocycles. The van der Waals surface area contributed by atoms with E-state index in [1.165, 1.54) is 7.11 Å². The standard InChI is InChI=1S/C27H26FNO5/c1-3-32-26(30)13-20-7-9-21(31-2)14-25(20)33-16-23-22-12-19(8-10-24(22)34-27(23)28)18-6-4-5-17(11-18)15-29/h4-12,14H,3,13,15-16,29H2,1-2H3. The fourth-order valence-corrected chi connectivity index (χ4v) is 3.77. The zero-order valence-corrected chi connectivity index (χ0v) is 19.1. The molecule has 0 saturated heterocycles. The van der Waals surface area contributed by atoms with Crippen molar-refractivity contribution in [1.82, 2.24) is 0 Å². The van der Waals surface area contributed by atoms with Gasteiger partial charge >= 0.3 is 5.97 Å². The number of methoxy groups -OCH3 is 1. The highest BCUT2D eigenvalue weighted by molar-refractivity contribution is 5.86. The lowest BCUT2D eigenvalue weighted by molar-refractivity contribution is -0.142. The molecule has 0 unspecified atom stereocenters. The summed E-state index contributed by atoms with van der Waals surface area (Å²) in [7, 11) is 1.54. The van der Waals surface area contributed by atoms with Crippen LogP contribution in [0.15, 0.2) is 65.1 Å². The number of benzene rings is 3. The quantitative estimate of drug-likeness (QED) is 0.335. The van der Waals surface area contributed by atoms with Gasteiger partial charge in [0.25, 0.3) is 6.01 Å². The molecule has 34 heavy (non-hydrogen) atoms. The molecular formula is C27H26FNO5. The third kappa shape index (κ3) is 5.05. The van der Waals surface area contributed by atoms with Gasteiger partial charge in [-0.25, -0.2) is 0 Å². The zero-order chi connectivity index (χ0) is 24.1. The van der Waals surface area contributed by atoms with Gasteiger partial charge < -0.3 is 24.4 Å². The molecule has 0 saturated carbocycles. The third-order valence-corrected chi connectivity index (χ3v) is 5.52. The summed E-state index contributed by atoms with van der Waals surface area (Å²) in [6.07, 6.45) is 0.0312. The molecule has 1 heterocycles. The second-order valence-corrected chi connectivity index (χ2v) is 7.71. The molecular weight excluding hydrogens is 437 g/mol. The van der Waals surface area contributed by atoms with Crippen LogP contribution in [0.2, 0.25) is 0 Å². The Labute approximate surface area is 197 Å². The summed E-state index contributed by atoms with van der Waals surface area (Å²) in [5.74, 6) is 0.594. The first-order chi connectivity index (χ1) is 16.5. The molecule has 6 nitrogen and oxygen atoms in total. The highest BCUT2D eigenvalue weighted by Crippen LogP contribution is 2.32. The first-order valence-corrected chi connectivity index (χ1v) is 11.0. The monoisotopic (exact) mass is 463 g/mol. The van der Waals surface area contributed by atoms with Crippen molar-refractivity contribution in [3.63, 3.8) is 0 Å². The SMILES string of the molecule is CCOC(=O)Cc1ccc(OC)cc1OCc1c(F)oc2ccc(-c3cccc(CN)c3)cc12. The molecule has 0 atom stereocenters. The van der Waals surface area contributed by atoms with Gasteiger partial charge in [-0.15, -0.1) is 0 Å². The number of esters is 1. The van der Waals surface area contributed by atoms with Gasteiger partial charge in [-0.1, -0.05) is 30.3 Å². The average molecular weight is 464 g/mol. The largest absolute Gasteiger partial charge is 0.497 e. The average Bonchev–Trinajstić information content (AvgIpc) is 3.17. The molecule has 0 bridgehead atoms. The van der Waals surface area contributed by atoms with Crippen LogP contribution in [0.5, 0.6) is 11.5 Å². The Morgan fingerprint density at radius 2 is 1.88 bits per heavy atom. The van der Waals surface area contributed by atoms with E-state index in [9.17, 15) is 9.18 Å². The molecule has 4 rings (SSSR count). The van der Waals surface area contributed by atoms with Crippen molar-refractivity contribution in [2.45, 2.75) is 26.5 Å². The van der Waals surface area contributed by atoms with E-state index in [0.29, 0.717) is 34.6 Å². The van der Waals surface area contributed by atoms with Crippen molar-refractivity contribution < 1.29 is 27.8 Å². The number of carbonyl (C=O) groups is 1. The first kappa shape index (κ1) is 23.3. The second kappa shape index (κ2) is 10.4. The smallest absolute Gasteiger partial charge is 0.310 e. The van der Waals surface area contributed by atoms with Crippen LogP contribution in [0, 0.1) is 6.01 Å². The van der Waals surface area contributed by atoms with E-state index in [1.54, 1.807) is 31.2 Å². The Hall–Kier alpha value is -3.84. The fourth-order valence-electron chi connectivity index (χ4n) is 3.77. The summed E-state index contributed by atoms with van der Waals surface area (Å²) in [4.78, 5) is 12.0. The van der Waals surface area contributed by atoms with E-state index < -0.39 is 6.01 Å². The molecule has 7 heteroatoms. The van der Waals surface area contributed by atoms with E-state index in [-0.39, 0.29) is 31.2 Å². The van der Waals surface area contributed by atoms with Gasteiger partial charge in [-0.3, -0.25) is 4.79 Å². The third-order valence-electron chi connectivity index (χ3n) is 5.52. The highest BCUT2D eigenvalue weighted by Gasteiger charge is 2.18. The van der Waals surface area contributed by atoms with Gasteiger partial charge in [-0.05, 0) is 47.9 Å². The zero-order valence-electron chi connectivity index (χ0n) is 19.1.